The molecule has 7 heteroatoms. The number of carbonyl (C=O) groups is 1. The molecular weight excluding hydrogens is 322 g/mol. The van der Waals surface area contributed by atoms with Gasteiger partial charge in [-0.1, -0.05) is 25.5 Å². The molecule has 0 saturated carbocycles. The van der Waals surface area contributed by atoms with Crippen LogP contribution in [0.25, 0.3) is 10.7 Å². The Morgan fingerprint density at radius 2 is 2.08 bits per heavy atom. The fourth-order valence-electron chi connectivity index (χ4n) is 2.31. The van der Waals surface area contributed by atoms with Crippen LogP contribution >= 0.6 is 11.3 Å². The highest BCUT2D eigenvalue weighted by atomic mass is 32.1. The number of amides is 2. The average Bonchev–Trinajstić information content (AvgIpc) is 3.25. The molecule has 0 unspecified atom stereocenters. The Balaban J connectivity index is 1.61. The summed E-state index contributed by atoms with van der Waals surface area (Å²) >= 11 is 1.48. The van der Waals surface area contributed by atoms with Crippen molar-refractivity contribution in [2.75, 3.05) is 10.6 Å². The molecule has 1 aromatic carbocycles. The minimum atomic E-state index is -0.310. The molecule has 0 saturated heterocycles. The molecule has 0 bridgehead atoms. The molecule has 0 fully saturated rings. The molecule has 0 spiro atoms. The second-order valence-corrected chi connectivity index (χ2v) is 6.27. The Bertz CT molecular complexity index is 780. The normalized spacial score (nSPS) is 10.5. The van der Waals surface area contributed by atoms with Crippen molar-refractivity contribution in [1.29, 1.82) is 0 Å². The number of thiazole rings is 1. The Kier molecular flexibility index (Phi) is 5.22. The van der Waals surface area contributed by atoms with Crippen molar-refractivity contribution in [1.82, 2.24) is 15.2 Å². The zero-order valence-corrected chi connectivity index (χ0v) is 14.2. The van der Waals surface area contributed by atoms with E-state index < -0.39 is 0 Å². The largest absolute Gasteiger partial charge is 0.323 e. The molecule has 0 atom stereocenters. The Morgan fingerprint density at radius 1 is 1.25 bits per heavy atom. The summed E-state index contributed by atoms with van der Waals surface area (Å²) < 4.78 is 0. The molecule has 3 aromatic rings. The monoisotopic (exact) mass is 341 g/mol. The van der Waals surface area contributed by atoms with Gasteiger partial charge in [-0.15, -0.1) is 11.3 Å². The first-order valence-corrected chi connectivity index (χ1v) is 8.74. The summed E-state index contributed by atoms with van der Waals surface area (Å²) in [6.07, 6.45) is 6.70. The van der Waals surface area contributed by atoms with Crippen LogP contribution in [0.1, 0.15) is 25.3 Å². The standard InChI is InChI=1S/C17H19N5OS/c1-2-3-4-12-5-7-13(8-6-12)20-17(23)21-14-11-19-22-15(14)16-18-9-10-24-16/h5-11H,2-4H2,1H3,(H,19,22)(H2,20,21,23). The van der Waals surface area contributed by atoms with Gasteiger partial charge < -0.3 is 10.6 Å². The number of hydrogen-bond donors (Lipinski definition) is 3. The summed E-state index contributed by atoms with van der Waals surface area (Å²) in [6.45, 7) is 2.18. The van der Waals surface area contributed by atoms with Gasteiger partial charge in [0.05, 0.1) is 11.9 Å². The first-order chi connectivity index (χ1) is 11.8. The maximum Gasteiger partial charge on any atom is 0.323 e. The van der Waals surface area contributed by atoms with Gasteiger partial charge in [-0.05, 0) is 30.5 Å². The SMILES string of the molecule is CCCCc1ccc(NC(=O)Nc2cn[nH]c2-c2nccs2)cc1. The van der Waals surface area contributed by atoms with E-state index in [-0.39, 0.29) is 6.03 Å². The van der Waals surface area contributed by atoms with E-state index in [0.29, 0.717) is 11.4 Å². The van der Waals surface area contributed by atoms with Crippen LogP contribution in [0.3, 0.4) is 0 Å². The van der Waals surface area contributed by atoms with Crippen molar-refractivity contribution in [2.45, 2.75) is 26.2 Å². The van der Waals surface area contributed by atoms with Crippen molar-refractivity contribution in [2.24, 2.45) is 0 Å². The van der Waals surface area contributed by atoms with Crippen LogP contribution in [-0.4, -0.2) is 21.2 Å². The van der Waals surface area contributed by atoms with E-state index in [9.17, 15) is 4.79 Å². The van der Waals surface area contributed by atoms with Gasteiger partial charge in [-0.25, -0.2) is 9.78 Å². The van der Waals surface area contributed by atoms with Crippen LogP contribution in [-0.2, 0) is 6.42 Å². The summed E-state index contributed by atoms with van der Waals surface area (Å²) in [5, 5.41) is 15.1. The molecule has 0 aliphatic rings. The molecule has 24 heavy (non-hydrogen) atoms. The maximum atomic E-state index is 12.2. The number of anilines is 2. The van der Waals surface area contributed by atoms with E-state index >= 15 is 0 Å². The zero-order valence-electron chi connectivity index (χ0n) is 13.4. The Morgan fingerprint density at radius 3 is 2.79 bits per heavy atom. The van der Waals surface area contributed by atoms with E-state index in [1.54, 1.807) is 12.4 Å². The molecule has 0 aliphatic carbocycles. The van der Waals surface area contributed by atoms with Crippen LogP contribution in [0.4, 0.5) is 16.2 Å². The van der Waals surface area contributed by atoms with Crippen molar-refractivity contribution in [3.63, 3.8) is 0 Å². The zero-order chi connectivity index (χ0) is 16.8. The number of unbranched alkanes of at least 4 members (excludes halogenated alkanes) is 1. The number of H-pyrrole nitrogens is 1. The smallest absolute Gasteiger partial charge is 0.308 e. The fourth-order valence-corrected chi connectivity index (χ4v) is 2.96. The number of rotatable bonds is 6. The summed E-state index contributed by atoms with van der Waals surface area (Å²) in [4.78, 5) is 16.4. The number of benzene rings is 1. The topological polar surface area (TPSA) is 82.7 Å². The van der Waals surface area contributed by atoms with Crippen LogP contribution in [0, 0.1) is 0 Å². The molecule has 6 nitrogen and oxygen atoms in total. The number of carbonyl (C=O) groups excluding carboxylic acids is 1. The quantitative estimate of drug-likeness (QED) is 0.616. The van der Waals surface area contributed by atoms with Gasteiger partial charge in [0, 0.05) is 17.3 Å². The van der Waals surface area contributed by atoms with Gasteiger partial charge in [-0.2, -0.15) is 5.10 Å². The van der Waals surface area contributed by atoms with E-state index in [4.69, 9.17) is 0 Å². The molecule has 0 radical (unpaired) electrons. The van der Waals surface area contributed by atoms with Gasteiger partial charge >= 0.3 is 6.03 Å². The Hall–Kier alpha value is -2.67. The molecule has 2 heterocycles. The van der Waals surface area contributed by atoms with E-state index in [1.165, 1.54) is 29.7 Å². The molecule has 2 amide bonds. The number of aromatic nitrogens is 3. The minimum Gasteiger partial charge on any atom is -0.308 e. The molecule has 2 aromatic heterocycles. The molecule has 3 N–H and O–H groups in total. The summed E-state index contributed by atoms with van der Waals surface area (Å²) in [5.74, 6) is 0. The lowest BCUT2D eigenvalue weighted by Crippen LogP contribution is -2.19. The average molecular weight is 341 g/mol. The third kappa shape index (κ3) is 3.99. The number of hydrogen-bond acceptors (Lipinski definition) is 4. The Labute approximate surface area is 144 Å². The lowest BCUT2D eigenvalue weighted by atomic mass is 10.1. The first kappa shape index (κ1) is 16.2. The van der Waals surface area contributed by atoms with Gasteiger partial charge in [0.25, 0.3) is 0 Å². The van der Waals surface area contributed by atoms with Gasteiger partial charge in [0.1, 0.15) is 10.7 Å². The predicted molar refractivity (Wildman–Crippen MR) is 97.4 cm³/mol. The number of aryl methyl sites for hydroxylation is 1. The second-order valence-electron chi connectivity index (χ2n) is 5.38. The number of nitrogens with zero attached hydrogens (tertiary/aromatic N) is 2. The molecule has 3 rings (SSSR count). The third-order valence-corrected chi connectivity index (χ3v) is 4.36. The predicted octanol–water partition coefficient (Wildman–Crippen LogP) is 4.52. The number of aromatic amines is 1. The molecule has 124 valence electrons. The lowest BCUT2D eigenvalue weighted by Gasteiger charge is -2.08. The van der Waals surface area contributed by atoms with E-state index in [1.807, 2.05) is 29.6 Å². The fraction of sp³-hybridized carbons (Fsp3) is 0.235. The van der Waals surface area contributed by atoms with Crippen molar-refractivity contribution >= 4 is 28.7 Å². The molecule has 0 aliphatic heterocycles. The van der Waals surface area contributed by atoms with Crippen LogP contribution in [0.5, 0.6) is 0 Å². The summed E-state index contributed by atoms with van der Waals surface area (Å²) in [5.41, 5.74) is 3.34. The highest BCUT2D eigenvalue weighted by Crippen LogP contribution is 2.26. The highest BCUT2D eigenvalue weighted by Gasteiger charge is 2.12. The van der Waals surface area contributed by atoms with Crippen molar-refractivity contribution in [3.05, 3.63) is 47.6 Å². The lowest BCUT2D eigenvalue weighted by molar-refractivity contribution is 0.262. The van der Waals surface area contributed by atoms with E-state index in [2.05, 4.69) is 32.7 Å². The van der Waals surface area contributed by atoms with Gasteiger partial charge in [0.15, 0.2) is 0 Å². The van der Waals surface area contributed by atoms with E-state index in [0.717, 1.165) is 17.1 Å². The highest BCUT2D eigenvalue weighted by molar-refractivity contribution is 7.13. The number of nitrogens with one attached hydrogen (secondary N) is 3. The first-order valence-electron chi connectivity index (χ1n) is 7.86. The summed E-state index contributed by atoms with van der Waals surface area (Å²) in [6, 6.07) is 7.62. The summed E-state index contributed by atoms with van der Waals surface area (Å²) in [7, 11) is 0. The number of urea groups is 1. The molecular formula is C17H19N5OS. The van der Waals surface area contributed by atoms with Gasteiger partial charge in [-0.3, -0.25) is 5.10 Å². The second kappa shape index (κ2) is 7.74. The van der Waals surface area contributed by atoms with Gasteiger partial charge in [0.2, 0.25) is 0 Å². The van der Waals surface area contributed by atoms with Crippen LogP contribution in [0.15, 0.2) is 42.0 Å². The van der Waals surface area contributed by atoms with Crippen LogP contribution in [0.2, 0.25) is 0 Å². The van der Waals surface area contributed by atoms with Crippen molar-refractivity contribution < 1.29 is 4.79 Å². The minimum absolute atomic E-state index is 0.310. The maximum absolute atomic E-state index is 12.2. The van der Waals surface area contributed by atoms with Crippen LogP contribution < -0.4 is 10.6 Å². The third-order valence-electron chi connectivity index (χ3n) is 3.56. The van der Waals surface area contributed by atoms with Crippen molar-refractivity contribution in [3.8, 4) is 10.7 Å².